The van der Waals surface area contributed by atoms with Crippen molar-refractivity contribution in [2.75, 3.05) is 50.0 Å². The van der Waals surface area contributed by atoms with E-state index in [0.717, 1.165) is 44.7 Å². The Kier molecular flexibility index (Phi) is 4.24. The minimum Gasteiger partial charge on any atom is -0.384 e. The second-order valence-electron chi connectivity index (χ2n) is 5.59. The fourth-order valence-corrected chi connectivity index (χ4v) is 2.91. The van der Waals surface area contributed by atoms with Gasteiger partial charge in [0.05, 0.1) is 13.2 Å². The van der Waals surface area contributed by atoms with E-state index in [0.29, 0.717) is 24.7 Å². The van der Waals surface area contributed by atoms with Crippen molar-refractivity contribution in [3.63, 3.8) is 0 Å². The number of pyridine rings is 1. The number of anilines is 2. The highest BCUT2D eigenvalue weighted by Crippen LogP contribution is 2.21. The minimum absolute atomic E-state index is 0.00323. The number of hydrogen-bond donors (Lipinski definition) is 1. The van der Waals surface area contributed by atoms with Crippen LogP contribution in [0.15, 0.2) is 12.1 Å². The standard InChI is InChI=1S/C15H22N4O2/c16-14-11-12(18-6-8-21-9-7-18)10-13(17-14)15(20)19-4-2-1-3-5-19/h10-11H,1-9H2,(H2,16,17). The molecular formula is C15H22N4O2. The highest BCUT2D eigenvalue weighted by molar-refractivity contribution is 5.93. The Labute approximate surface area is 124 Å². The number of nitrogens with zero attached hydrogens (tertiary/aromatic N) is 3. The molecule has 3 heterocycles. The van der Waals surface area contributed by atoms with Crippen molar-refractivity contribution in [3.05, 3.63) is 17.8 Å². The van der Waals surface area contributed by atoms with Crippen LogP contribution in [0.3, 0.4) is 0 Å². The summed E-state index contributed by atoms with van der Waals surface area (Å²) in [5.74, 6) is 0.399. The number of carbonyl (C=O) groups excluding carboxylic acids is 1. The SMILES string of the molecule is Nc1cc(N2CCOCC2)cc(C(=O)N2CCCCC2)n1. The van der Waals surface area contributed by atoms with Gasteiger partial charge in [-0.25, -0.2) is 4.98 Å². The second kappa shape index (κ2) is 6.30. The molecule has 1 amide bonds. The van der Waals surface area contributed by atoms with Gasteiger partial charge in [0.25, 0.3) is 5.91 Å². The van der Waals surface area contributed by atoms with Gasteiger partial charge < -0.3 is 20.3 Å². The van der Waals surface area contributed by atoms with Crippen LogP contribution >= 0.6 is 0 Å². The Balaban J connectivity index is 1.81. The summed E-state index contributed by atoms with van der Waals surface area (Å²) in [7, 11) is 0. The lowest BCUT2D eigenvalue weighted by molar-refractivity contribution is 0.0718. The maximum Gasteiger partial charge on any atom is 0.272 e. The molecular weight excluding hydrogens is 268 g/mol. The predicted molar refractivity (Wildman–Crippen MR) is 81.4 cm³/mol. The van der Waals surface area contributed by atoms with E-state index in [4.69, 9.17) is 10.5 Å². The summed E-state index contributed by atoms with van der Waals surface area (Å²) in [6.07, 6.45) is 3.35. The summed E-state index contributed by atoms with van der Waals surface area (Å²) < 4.78 is 5.36. The van der Waals surface area contributed by atoms with Gasteiger partial charge in [-0.15, -0.1) is 0 Å². The number of nitrogen functional groups attached to an aromatic ring is 1. The molecule has 2 fully saturated rings. The molecule has 114 valence electrons. The lowest BCUT2D eigenvalue weighted by Gasteiger charge is -2.30. The quantitative estimate of drug-likeness (QED) is 0.884. The summed E-state index contributed by atoms with van der Waals surface area (Å²) in [4.78, 5) is 20.9. The first-order chi connectivity index (χ1) is 10.2. The third kappa shape index (κ3) is 3.26. The zero-order valence-corrected chi connectivity index (χ0v) is 12.3. The van der Waals surface area contributed by atoms with Crippen LogP contribution in [0.25, 0.3) is 0 Å². The van der Waals surface area contributed by atoms with Crippen molar-refractivity contribution >= 4 is 17.4 Å². The second-order valence-corrected chi connectivity index (χ2v) is 5.59. The van der Waals surface area contributed by atoms with Crippen molar-refractivity contribution in [1.82, 2.24) is 9.88 Å². The maximum absolute atomic E-state index is 12.6. The third-order valence-corrected chi connectivity index (χ3v) is 4.07. The first kappa shape index (κ1) is 14.1. The number of piperidine rings is 1. The van der Waals surface area contributed by atoms with E-state index in [1.54, 1.807) is 0 Å². The summed E-state index contributed by atoms with van der Waals surface area (Å²) in [5, 5.41) is 0. The smallest absolute Gasteiger partial charge is 0.272 e. The van der Waals surface area contributed by atoms with Gasteiger partial charge in [-0.3, -0.25) is 4.79 Å². The number of hydrogen-bond acceptors (Lipinski definition) is 5. The number of nitrogens with two attached hydrogens (primary N) is 1. The number of rotatable bonds is 2. The van der Waals surface area contributed by atoms with Crippen molar-refractivity contribution in [2.45, 2.75) is 19.3 Å². The Morgan fingerprint density at radius 1 is 1.10 bits per heavy atom. The molecule has 6 heteroatoms. The van der Waals surface area contributed by atoms with E-state index in [9.17, 15) is 4.79 Å². The molecule has 1 aromatic heterocycles. The molecule has 2 saturated heterocycles. The van der Waals surface area contributed by atoms with Gasteiger partial charge in [0.1, 0.15) is 11.5 Å². The van der Waals surface area contributed by atoms with Crippen LogP contribution < -0.4 is 10.6 Å². The average molecular weight is 290 g/mol. The molecule has 0 radical (unpaired) electrons. The van der Waals surface area contributed by atoms with Crippen molar-refractivity contribution in [3.8, 4) is 0 Å². The summed E-state index contributed by atoms with van der Waals surface area (Å²) in [6, 6.07) is 3.69. The number of morpholine rings is 1. The molecule has 3 rings (SSSR count). The molecule has 0 aromatic carbocycles. The molecule has 0 saturated carbocycles. The Morgan fingerprint density at radius 2 is 1.81 bits per heavy atom. The molecule has 0 spiro atoms. The van der Waals surface area contributed by atoms with Crippen LogP contribution in [-0.2, 0) is 4.74 Å². The van der Waals surface area contributed by atoms with Crippen LogP contribution in [0.5, 0.6) is 0 Å². The fraction of sp³-hybridized carbons (Fsp3) is 0.600. The molecule has 0 unspecified atom stereocenters. The van der Waals surface area contributed by atoms with Gasteiger partial charge in [0, 0.05) is 37.9 Å². The largest absolute Gasteiger partial charge is 0.384 e. The Bertz CT molecular complexity index is 508. The van der Waals surface area contributed by atoms with E-state index in [-0.39, 0.29) is 5.91 Å². The van der Waals surface area contributed by atoms with E-state index in [1.807, 2.05) is 17.0 Å². The maximum atomic E-state index is 12.6. The van der Waals surface area contributed by atoms with Gasteiger partial charge in [-0.2, -0.15) is 0 Å². The number of carbonyl (C=O) groups is 1. The highest BCUT2D eigenvalue weighted by atomic mass is 16.5. The van der Waals surface area contributed by atoms with Crippen LogP contribution in [0.4, 0.5) is 11.5 Å². The van der Waals surface area contributed by atoms with Gasteiger partial charge in [-0.1, -0.05) is 0 Å². The number of ether oxygens (including phenoxy) is 1. The molecule has 21 heavy (non-hydrogen) atoms. The summed E-state index contributed by atoms with van der Waals surface area (Å²) in [6.45, 7) is 4.70. The van der Waals surface area contributed by atoms with Gasteiger partial charge in [-0.05, 0) is 25.3 Å². The van der Waals surface area contributed by atoms with Crippen molar-refractivity contribution < 1.29 is 9.53 Å². The van der Waals surface area contributed by atoms with E-state index >= 15 is 0 Å². The molecule has 6 nitrogen and oxygen atoms in total. The molecule has 2 aliphatic heterocycles. The first-order valence-corrected chi connectivity index (χ1v) is 7.63. The zero-order valence-electron chi connectivity index (χ0n) is 12.3. The first-order valence-electron chi connectivity index (χ1n) is 7.63. The Hall–Kier alpha value is -1.82. The predicted octanol–water partition coefficient (Wildman–Crippen LogP) is 1.13. The summed E-state index contributed by atoms with van der Waals surface area (Å²) in [5.41, 5.74) is 7.31. The van der Waals surface area contributed by atoms with E-state index < -0.39 is 0 Å². The fourth-order valence-electron chi connectivity index (χ4n) is 2.91. The molecule has 0 atom stereocenters. The topological polar surface area (TPSA) is 71.7 Å². The number of amides is 1. The van der Waals surface area contributed by atoms with Gasteiger partial charge >= 0.3 is 0 Å². The third-order valence-electron chi connectivity index (χ3n) is 4.07. The average Bonchev–Trinajstić information content (AvgIpc) is 2.55. The number of aromatic nitrogens is 1. The molecule has 0 aliphatic carbocycles. The zero-order chi connectivity index (χ0) is 14.7. The number of likely N-dealkylation sites (tertiary alicyclic amines) is 1. The molecule has 2 N–H and O–H groups in total. The highest BCUT2D eigenvalue weighted by Gasteiger charge is 2.21. The molecule has 1 aromatic rings. The van der Waals surface area contributed by atoms with Crippen molar-refractivity contribution in [1.29, 1.82) is 0 Å². The van der Waals surface area contributed by atoms with Crippen LogP contribution in [0.1, 0.15) is 29.8 Å². The van der Waals surface area contributed by atoms with E-state index in [1.165, 1.54) is 6.42 Å². The van der Waals surface area contributed by atoms with Crippen LogP contribution in [0.2, 0.25) is 0 Å². The lowest BCUT2D eigenvalue weighted by atomic mass is 10.1. The molecule has 0 bridgehead atoms. The van der Waals surface area contributed by atoms with E-state index in [2.05, 4.69) is 9.88 Å². The Morgan fingerprint density at radius 3 is 2.52 bits per heavy atom. The molecule has 2 aliphatic rings. The summed E-state index contributed by atoms with van der Waals surface area (Å²) >= 11 is 0. The monoisotopic (exact) mass is 290 g/mol. The lowest BCUT2D eigenvalue weighted by Crippen LogP contribution is -2.38. The van der Waals surface area contributed by atoms with Crippen LogP contribution in [-0.4, -0.2) is 55.2 Å². The van der Waals surface area contributed by atoms with Crippen molar-refractivity contribution in [2.24, 2.45) is 0 Å². The van der Waals surface area contributed by atoms with Gasteiger partial charge in [0.2, 0.25) is 0 Å². The van der Waals surface area contributed by atoms with Gasteiger partial charge in [0.15, 0.2) is 0 Å². The van der Waals surface area contributed by atoms with Crippen LogP contribution in [0, 0.1) is 0 Å². The minimum atomic E-state index is -0.00323. The normalized spacial score (nSPS) is 19.6.